The van der Waals surface area contributed by atoms with E-state index in [1.54, 1.807) is 0 Å². The van der Waals surface area contributed by atoms with Crippen molar-refractivity contribution in [1.29, 1.82) is 0 Å². The predicted molar refractivity (Wildman–Crippen MR) is 56.1 cm³/mol. The molecule has 0 bridgehead atoms. The molecule has 74 valence electrons. The highest BCUT2D eigenvalue weighted by molar-refractivity contribution is 9.10. The van der Waals surface area contributed by atoms with Gasteiger partial charge in [0.05, 0.1) is 0 Å². The number of nitrogens with one attached hydrogen (secondary N) is 1. The molecule has 0 unspecified atom stereocenters. The second-order valence-corrected chi connectivity index (χ2v) is 4.30. The highest BCUT2D eigenvalue weighted by atomic mass is 79.9. The zero-order valence-corrected chi connectivity index (χ0v) is 9.04. The van der Waals surface area contributed by atoms with Gasteiger partial charge in [-0.2, -0.15) is 0 Å². The van der Waals surface area contributed by atoms with Gasteiger partial charge in [-0.25, -0.2) is 0 Å². The number of carboxylic acid groups (broad SMARTS) is 1. The third kappa shape index (κ3) is 1.81. The monoisotopic (exact) mass is 255 g/mol. The first-order valence-corrected chi connectivity index (χ1v) is 5.19. The molecular weight excluding hydrogens is 246 g/mol. The van der Waals surface area contributed by atoms with Gasteiger partial charge in [-0.3, -0.25) is 4.79 Å². The lowest BCUT2D eigenvalue weighted by molar-refractivity contribution is -0.139. The van der Waals surface area contributed by atoms with E-state index in [-0.39, 0.29) is 0 Å². The van der Waals surface area contributed by atoms with E-state index in [1.165, 1.54) is 5.56 Å². The number of aliphatic carboxylic acids is 1. The molecular formula is C10H10BrNO2. The highest BCUT2D eigenvalue weighted by Gasteiger charge is 2.23. The summed E-state index contributed by atoms with van der Waals surface area (Å²) in [5, 5.41) is 11.8. The molecule has 1 aromatic carbocycles. The summed E-state index contributed by atoms with van der Waals surface area (Å²) in [5.74, 6) is -0.779. The lowest BCUT2D eigenvalue weighted by Gasteiger charge is -2.23. The Hall–Kier alpha value is -0.870. The Morgan fingerprint density at radius 2 is 2.29 bits per heavy atom. The van der Waals surface area contributed by atoms with Crippen molar-refractivity contribution in [2.45, 2.75) is 19.0 Å². The molecule has 0 aliphatic carbocycles. The van der Waals surface area contributed by atoms with Crippen molar-refractivity contribution in [3.8, 4) is 0 Å². The van der Waals surface area contributed by atoms with Gasteiger partial charge in [0.25, 0.3) is 0 Å². The minimum Gasteiger partial charge on any atom is -0.480 e. The molecule has 0 saturated heterocycles. The minimum absolute atomic E-state index is 0.441. The predicted octanol–water partition coefficient (Wildman–Crippen LogP) is 1.55. The molecule has 0 aromatic heterocycles. The smallest absolute Gasteiger partial charge is 0.321 e. The standard InChI is InChI=1S/C10H10BrNO2/c11-8-2-1-6-4-9(10(13)14)12-5-7(6)3-8/h1-3,9,12H,4-5H2,(H,13,14)/t9-/m0/s1. The number of benzene rings is 1. The molecule has 4 heteroatoms. The summed E-state index contributed by atoms with van der Waals surface area (Å²) in [6.07, 6.45) is 0.567. The molecule has 0 fully saturated rings. The van der Waals surface area contributed by atoms with Crippen LogP contribution in [0.4, 0.5) is 0 Å². The maximum atomic E-state index is 10.8. The van der Waals surface area contributed by atoms with Crippen LogP contribution < -0.4 is 5.32 Å². The third-order valence-corrected chi connectivity index (χ3v) is 2.92. The van der Waals surface area contributed by atoms with E-state index in [1.807, 2.05) is 18.2 Å². The molecule has 1 atom stereocenters. The summed E-state index contributed by atoms with van der Waals surface area (Å²) in [4.78, 5) is 10.8. The van der Waals surface area contributed by atoms with Crippen LogP contribution in [0.1, 0.15) is 11.1 Å². The van der Waals surface area contributed by atoms with E-state index in [0.717, 1.165) is 10.0 Å². The number of carboxylic acids is 1. The average molecular weight is 256 g/mol. The van der Waals surface area contributed by atoms with Crippen LogP contribution in [0.5, 0.6) is 0 Å². The van der Waals surface area contributed by atoms with Crippen LogP contribution in [-0.2, 0) is 17.8 Å². The van der Waals surface area contributed by atoms with Gasteiger partial charge in [-0.15, -0.1) is 0 Å². The summed E-state index contributed by atoms with van der Waals surface area (Å²) < 4.78 is 1.03. The maximum absolute atomic E-state index is 10.8. The molecule has 1 aliphatic heterocycles. The molecule has 1 heterocycles. The molecule has 0 amide bonds. The van der Waals surface area contributed by atoms with Crippen LogP contribution in [0.25, 0.3) is 0 Å². The first-order valence-electron chi connectivity index (χ1n) is 4.40. The largest absolute Gasteiger partial charge is 0.480 e. The molecule has 0 saturated carbocycles. The lowest BCUT2D eigenvalue weighted by atomic mass is 9.96. The Balaban J connectivity index is 2.27. The Bertz CT molecular complexity index is 378. The van der Waals surface area contributed by atoms with Crippen LogP contribution in [0, 0.1) is 0 Å². The number of hydrogen-bond donors (Lipinski definition) is 2. The van der Waals surface area contributed by atoms with Crippen molar-refractivity contribution in [1.82, 2.24) is 5.32 Å². The highest BCUT2D eigenvalue weighted by Crippen LogP contribution is 2.21. The Morgan fingerprint density at radius 1 is 1.50 bits per heavy atom. The van der Waals surface area contributed by atoms with Crippen molar-refractivity contribution in [2.24, 2.45) is 0 Å². The van der Waals surface area contributed by atoms with Crippen LogP contribution in [0.2, 0.25) is 0 Å². The van der Waals surface area contributed by atoms with Crippen LogP contribution in [0.15, 0.2) is 22.7 Å². The maximum Gasteiger partial charge on any atom is 0.321 e. The fraction of sp³-hybridized carbons (Fsp3) is 0.300. The molecule has 2 N–H and O–H groups in total. The fourth-order valence-electron chi connectivity index (χ4n) is 1.66. The van der Waals surface area contributed by atoms with Gasteiger partial charge in [0, 0.05) is 11.0 Å². The lowest BCUT2D eigenvalue weighted by Crippen LogP contribution is -2.41. The third-order valence-electron chi connectivity index (χ3n) is 2.43. The van der Waals surface area contributed by atoms with Crippen molar-refractivity contribution in [2.75, 3.05) is 0 Å². The Labute approximate surface area is 90.3 Å². The van der Waals surface area contributed by atoms with Crippen LogP contribution in [-0.4, -0.2) is 17.1 Å². The van der Waals surface area contributed by atoms with Gasteiger partial charge in [0.15, 0.2) is 0 Å². The van der Waals surface area contributed by atoms with Gasteiger partial charge >= 0.3 is 5.97 Å². The van der Waals surface area contributed by atoms with E-state index in [0.29, 0.717) is 13.0 Å². The quantitative estimate of drug-likeness (QED) is 0.801. The van der Waals surface area contributed by atoms with Crippen LogP contribution >= 0.6 is 15.9 Å². The Morgan fingerprint density at radius 3 is 3.00 bits per heavy atom. The molecule has 14 heavy (non-hydrogen) atoms. The summed E-state index contributed by atoms with van der Waals surface area (Å²) in [7, 11) is 0. The molecule has 0 radical (unpaired) electrons. The van der Waals surface area contributed by atoms with Crippen LogP contribution in [0.3, 0.4) is 0 Å². The second kappa shape index (κ2) is 3.71. The zero-order valence-electron chi connectivity index (χ0n) is 7.46. The van der Waals surface area contributed by atoms with Gasteiger partial charge in [0.2, 0.25) is 0 Å². The molecule has 2 rings (SSSR count). The first-order chi connectivity index (χ1) is 6.66. The van der Waals surface area contributed by atoms with Gasteiger partial charge in [-0.05, 0) is 29.7 Å². The SMILES string of the molecule is O=C(O)[C@@H]1Cc2ccc(Br)cc2CN1. The molecule has 1 aromatic rings. The van der Waals surface area contributed by atoms with E-state index < -0.39 is 12.0 Å². The second-order valence-electron chi connectivity index (χ2n) is 3.39. The summed E-state index contributed by atoms with van der Waals surface area (Å²) in [5.41, 5.74) is 2.30. The van der Waals surface area contributed by atoms with Gasteiger partial charge in [0.1, 0.15) is 6.04 Å². The number of halogens is 1. The molecule has 3 nitrogen and oxygen atoms in total. The number of fused-ring (bicyclic) bond motifs is 1. The van der Waals surface area contributed by atoms with E-state index >= 15 is 0 Å². The fourth-order valence-corrected chi connectivity index (χ4v) is 2.07. The Kier molecular flexibility index (Phi) is 2.56. The van der Waals surface area contributed by atoms with Gasteiger partial charge in [-0.1, -0.05) is 22.0 Å². The van der Waals surface area contributed by atoms with E-state index in [2.05, 4.69) is 21.2 Å². The number of hydrogen-bond acceptors (Lipinski definition) is 2. The molecule has 1 aliphatic rings. The summed E-state index contributed by atoms with van der Waals surface area (Å²) >= 11 is 3.39. The first kappa shape index (κ1) is 9.68. The van der Waals surface area contributed by atoms with E-state index in [9.17, 15) is 4.79 Å². The minimum atomic E-state index is -0.779. The number of carbonyl (C=O) groups is 1. The average Bonchev–Trinajstić information content (AvgIpc) is 2.16. The van der Waals surface area contributed by atoms with Gasteiger partial charge < -0.3 is 10.4 Å². The van der Waals surface area contributed by atoms with Crippen molar-refractivity contribution in [3.63, 3.8) is 0 Å². The zero-order chi connectivity index (χ0) is 10.1. The topological polar surface area (TPSA) is 49.3 Å². The van der Waals surface area contributed by atoms with Crippen molar-refractivity contribution >= 4 is 21.9 Å². The summed E-state index contributed by atoms with van der Waals surface area (Å²) in [6.45, 7) is 0.631. The normalized spacial score (nSPS) is 20.2. The van der Waals surface area contributed by atoms with Crippen molar-refractivity contribution < 1.29 is 9.90 Å². The summed E-state index contributed by atoms with van der Waals surface area (Å²) in [6, 6.07) is 5.52. The van der Waals surface area contributed by atoms with Crippen molar-refractivity contribution in [3.05, 3.63) is 33.8 Å². The van der Waals surface area contributed by atoms with E-state index in [4.69, 9.17) is 5.11 Å². The molecule has 0 spiro atoms. The number of rotatable bonds is 1.